The third-order valence-corrected chi connectivity index (χ3v) is 7.05. The zero-order valence-electron chi connectivity index (χ0n) is 14.5. The fourth-order valence-electron chi connectivity index (χ4n) is 3.84. The van der Waals surface area contributed by atoms with Crippen LogP contribution in [-0.2, 0) is 16.4 Å². The lowest BCUT2D eigenvalue weighted by molar-refractivity contribution is 0.297. The van der Waals surface area contributed by atoms with Crippen molar-refractivity contribution >= 4 is 20.9 Å². The van der Waals surface area contributed by atoms with Gasteiger partial charge >= 0.3 is 0 Å². The number of nitrogens with zero attached hydrogens (tertiary/aromatic N) is 1. The first kappa shape index (κ1) is 16.4. The third-order valence-electron chi connectivity index (χ3n) is 5.12. The number of nitrogens with one attached hydrogen (secondary N) is 1. The lowest BCUT2D eigenvalue weighted by Gasteiger charge is -2.34. The van der Waals surface area contributed by atoms with E-state index in [1.165, 1.54) is 10.9 Å². The molecule has 0 saturated heterocycles. The molecular formula is C20H22N2O2S. The Hall–Kier alpha value is -2.11. The molecule has 4 nitrogen and oxygen atoms in total. The molecule has 2 aromatic carbocycles. The van der Waals surface area contributed by atoms with Crippen LogP contribution in [-0.4, -0.2) is 24.3 Å². The van der Waals surface area contributed by atoms with E-state index in [-0.39, 0.29) is 6.04 Å². The number of benzene rings is 2. The molecule has 0 aliphatic carbocycles. The summed E-state index contributed by atoms with van der Waals surface area (Å²) in [7, 11) is -3.51. The van der Waals surface area contributed by atoms with Gasteiger partial charge in [-0.1, -0.05) is 42.8 Å². The van der Waals surface area contributed by atoms with Crippen molar-refractivity contribution in [1.29, 1.82) is 0 Å². The average molecular weight is 354 g/mol. The molecule has 1 atom stereocenters. The zero-order valence-corrected chi connectivity index (χ0v) is 15.3. The molecule has 1 aliphatic heterocycles. The van der Waals surface area contributed by atoms with E-state index in [2.05, 4.69) is 17.1 Å². The molecule has 0 saturated carbocycles. The second-order valence-electron chi connectivity index (χ2n) is 6.67. The number of hydrogen-bond donors (Lipinski definition) is 1. The van der Waals surface area contributed by atoms with Crippen LogP contribution in [0.1, 0.15) is 36.2 Å². The fourth-order valence-corrected chi connectivity index (χ4v) is 5.51. The van der Waals surface area contributed by atoms with Crippen molar-refractivity contribution in [3.05, 3.63) is 65.4 Å². The number of rotatable bonds is 3. The molecule has 2 heterocycles. The lowest BCUT2D eigenvalue weighted by atomic mass is 9.98. The molecule has 1 N–H and O–H groups in total. The number of aromatic nitrogens is 1. The number of sulfonamides is 1. The van der Waals surface area contributed by atoms with Crippen molar-refractivity contribution in [2.24, 2.45) is 0 Å². The number of H-pyrrole nitrogens is 1. The summed E-state index contributed by atoms with van der Waals surface area (Å²) in [5.41, 5.74) is 4.45. The van der Waals surface area contributed by atoms with Crippen molar-refractivity contribution in [2.45, 2.75) is 37.6 Å². The minimum absolute atomic E-state index is 0.151. The van der Waals surface area contributed by atoms with E-state index in [4.69, 9.17) is 0 Å². The Labute approximate surface area is 148 Å². The highest BCUT2D eigenvalue weighted by atomic mass is 32.2. The van der Waals surface area contributed by atoms with E-state index in [0.717, 1.165) is 29.6 Å². The number of aryl methyl sites for hydroxylation is 1. The molecule has 0 bridgehead atoms. The molecule has 1 aliphatic rings. The Morgan fingerprint density at radius 2 is 1.84 bits per heavy atom. The molecule has 1 unspecified atom stereocenters. The molecule has 5 heteroatoms. The topological polar surface area (TPSA) is 53.2 Å². The first-order chi connectivity index (χ1) is 12.0. The van der Waals surface area contributed by atoms with Crippen LogP contribution < -0.4 is 0 Å². The van der Waals surface area contributed by atoms with E-state index in [9.17, 15) is 8.42 Å². The zero-order chi connectivity index (χ0) is 17.6. The van der Waals surface area contributed by atoms with Gasteiger partial charge in [0, 0.05) is 23.1 Å². The Kier molecular flexibility index (Phi) is 3.93. The van der Waals surface area contributed by atoms with Gasteiger partial charge in [0.1, 0.15) is 0 Å². The quantitative estimate of drug-likeness (QED) is 0.767. The van der Waals surface area contributed by atoms with E-state index >= 15 is 0 Å². The minimum Gasteiger partial charge on any atom is -0.357 e. The van der Waals surface area contributed by atoms with E-state index in [0.29, 0.717) is 11.4 Å². The van der Waals surface area contributed by atoms with Gasteiger partial charge in [0.25, 0.3) is 0 Å². The summed E-state index contributed by atoms with van der Waals surface area (Å²) in [6.45, 7) is 4.52. The average Bonchev–Trinajstić information content (AvgIpc) is 3.00. The largest absolute Gasteiger partial charge is 0.357 e. The van der Waals surface area contributed by atoms with Crippen LogP contribution in [0.4, 0.5) is 0 Å². The SMILES string of the molecule is CCC1c2[nH]c3ccccc3c2CCN1S(=O)(=O)c1ccc(C)cc1. The highest BCUT2D eigenvalue weighted by molar-refractivity contribution is 7.89. The van der Waals surface area contributed by atoms with Crippen LogP contribution in [0.15, 0.2) is 53.4 Å². The molecule has 0 fully saturated rings. The summed E-state index contributed by atoms with van der Waals surface area (Å²) in [6.07, 6.45) is 1.48. The van der Waals surface area contributed by atoms with Crippen molar-refractivity contribution < 1.29 is 8.42 Å². The van der Waals surface area contributed by atoms with Crippen LogP contribution in [0.2, 0.25) is 0 Å². The van der Waals surface area contributed by atoms with Gasteiger partial charge in [0.15, 0.2) is 0 Å². The maximum Gasteiger partial charge on any atom is 0.243 e. The van der Waals surface area contributed by atoms with Gasteiger partial charge in [0.05, 0.1) is 10.9 Å². The predicted molar refractivity (Wildman–Crippen MR) is 100 cm³/mol. The van der Waals surface area contributed by atoms with Crippen LogP contribution in [0.5, 0.6) is 0 Å². The molecule has 1 aromatic heterocycles. The Bertz CT molecular complexity index is 1020. The second-order valence-corrected chi connectivity index (χ2v) is 8.56. The maximum atomic E-state index is 13.2. The smallest absolute Gasteiger partial charge is 0.243 e. The minimum atomic E-state index is -3.51. The second kappa shape index (κ2) is 6.00. The summed E-state index contributed by atoms with van der Waals surface area (Å²) < 4.78 is 28.1. The molecule has 4 rings (SSSR count). The van der Waals surface area contributed by atoms with Gasteiger partial charge in [0.2, 0.25) is 10.0 Å². The predicted octanol–water partition coefficient (Wildman–Crippen LogP) is 4.17. The first-order valence-electron chi connectivity index (χ1n) is 8.70. The summed E-state index contributed by atoms with van der Waals surface area (Å²) in [5, 5.41) is 1.21. The van der Waals surface area contributed by atoms with Crippen LogP contribution in [0.3, 0.4) is 0 Å². The van der Waals surface area contributed by atoms with Crippen molar-refractivity contribution in [3.63, 3.8) is 0 Å². The van der Waals surface area contributed by atoms with E-state index in [1.54, 1.807) is 16.4 Å². The molecule has 0 amide bonds. The summed E-state index contributed by atoms with van der Waals surface area (Å²) in [4.78, 5) is 3.84. The first-order valence-corrected chi connectivity index (χ1v) is 10.1. The normalized spacial score (nSPS) is 18.4. The maximum absolute atomic E-state index is 13.2. The van der Waals surface area contributed by atoms with Gasteiger partial charge in [-0.3, -0.25) is 0 Å². The highest BCUT2D eigenvalue weighted by Crippen LogP contribution is 2.38. The van der Waals surface area contributed by atoms with E-state index in [1.807, 2.05) is 38.1 Å². The van der Waals surface area contributed by atoms with Crippen molar-refractivity contribution in [2.75, 3.05) is 6.54 Å². The van der Waals surface area contributed by atoms with Gasteiger partial charge in [-0.2, -0.15) is 4.31 Å². The lowest BCUT2D eigenvalue weighted by Crippen LogP contribution is -2.39. The third kappa shape index (κ3) is 2.58. The Morgan fingerprint density at radius 1 is 1.12 bits per heavy atom. The number of fused-ring (bicyclic) bond motifs is 3. The molecule has 0 spiro atoms. The summed E-state index contributed by atoms with van der Waals surface area (Å²) in [6, 6.07) is 15.2. The van der Waals surface area contributed by atoms with Crippen LogP contribution in [0.25, 0.3) is 10.9 Å². The van der Waals surface area contributed by atoms with Gasteiger partial charge < -0.3 is 4.98 Å². The molecule has 25 heavy (non-hydrogen) atoms. The molecule has 0 radical (unpaired) electrons. The van der Waals surface area contributed by atoms with Crippen molar-refractivity contribution in [3.8, 4) is 0 Å². The van der Waals surface area contributed by atoms with Gasteiger partial charge in [-0.25, -0.2) is 8.42 Å². The number of hydrogen-bond acceptors (Lipinski definition) is 2. The standard InChI is InChI=1S/C20H22N2O2S/c1-3-19-20-17(16-6-4-5-7-18(16)21-20)12-13-22(19)25(23,24)15-10-8-14(2)9-11-15/h4-11,19,21H,3,12-13H2,1-2H3. The molecular weight excluding hydrogens is 332 g/mol. The summed E-state index contributed by atoms with van der Waals surface area (Å²) in [5.74, 6) is 0. The van der Waals surface area contributed by atoms with Gasteiger partial charge in [-0.05, 0) is 43.5 Å². The number of aromatic amines is 1. The van der Waals surface area contributed by atoms with Crippen molar-refractivity contribution in [1.82, 2.24) is 9.29 Å². The van der Waals surface area contributed by atoms with Crippen LogP contribution in [0, 0.1) is 6.92 Å². The monoisotopic (exact) mass is 354 g/mol. The highest BCUT2D eigenvalue weighted by Gasteiger charge is 2.37. The summed E-state index contributed by atoms with van der Waals surface area (Å²) >= 11 is 0. The Balaban J connectivity index is 1.80. The molecule has 3 aromatic rings. The van der Waals surface area contributed by atoms with Crippen LogP contribution >= 0.6 is 0 Å². The number of para-hydroxylation sites is 1. The molecule has 130 valence electrons. The Morgan fingerprint density at radius 3 is 2.56 bits per heavy atom. The fraction of sp³-hybridized carbons (Fsp3) is 0.300. The van der Waals surface area contributed by atoms with E-state index < -0.39 is 10.0 Å². The van der Waals surface area contributed by atoms with Gasteiger partial charge in [-0.15, -0.1) is 0 Å².